The lowest BCUT2D eigenvalue weighted by molar-refractivity contribution is -0.389. The second kappa shape index (κ2) is 2.40. The highest BCUT2D eigenvalue weighted by molar-refractivity contribution is 4.93. The zero-order valence-electron chi connectivity index (χ0n) is 6.56. The predicted octanol–water partition coefficient (Wildman–Crippen LogP) is -1.23. The SMILES string of the molecule is OC(O)(O)C1CC2(C1)OCCO2. The lowest BCUT2D eigenvalue weighted by atomic mass is 9.77. The van der Waals surface area contributed by atoms with Crippen molar-refractivity contribution in [2.75, 3.05) is 13.2 Å². The highest BCUT2D eigenvalue weighted by Gasteiger charge is 2.56. The normalized spacial score (nSPS) is 29.2. The number of hydrogen-bond donors (Lipinski definition) is 3. The molecule has 3 N–H and O–H groups in total. The van der Waals surface area contributed by atoms with Crippen LogP contribution in [-0.4, -0.2) is 40.3 Å². The van der Waals surface area contributed by atoms with E-state index >= 15 is 0 Å². The Morgan fingerprint density at radius 3 is 2.00 bits per heavy atom. The molecule has 2 aliphatic rings. The fourth-order valence-corrected chi connectivity index (χ4v) is 1.70. The lowest BCUT2D eigenvalue weighted by Crippen LogP contribution is -2.54. The molecule has 2 fully saturated rings. The first-order chi connectivity index (χ1) is 5.52. The number of hydrogen-bond acceptors (Lipinski definition) is 5. The summed E-state index contributed by atoms with van der Waals surface area (Å²) in [6.45, 7) is 1.09. The summed E-state index contributed by atoms with van der Waals surface area (Å²) in [6.07, 6.45) is 0.688. The molecule has 1 saturated heterocycles. The Labute approximate surface area is 69.5 Å². The summed E-state index contributed by atoms with van der Waals surface area (Å²) in [5.41, 5.74) is 0. The molecule has 0 radical (unpaired) electrons. The monoisotopic (exact) mass is 176 g/mol. The molecule has 0 atom stereocenters. The maximum absolute atomic E-state index is 8.78. The Morgan fingerprint density at radius 2 is 1.58 bits per heavy atom. The third-order valence-electron chi connectivity index (χ3n) is 2.48. The van der Waals surface area contributed by atoms with Crippen molar-refractivity contribution in [3.8, 4) is 0 Å². The minimum atomic E-state index is -2.58. The van der Waals surface area contributed by atoms with Gasteiger partial charge in [0.2, 0.25) is 0 Å². The molecule has 0 aromatic heterocycles. The molecule has 1 aliphatic heterocycles. The van der Waals surface area contributed by atoms with Crippen LogP contribution < -0.4 is 0 Å². The summed E-state index contributed by atoms with van der Waals surface area (Å²) >= 11 is 0. The minimum Gasteiger partial charge on any atom is -0.348 e. The molecule has 1 heterocycles. The number of aliphatic hydroxyl groups is 3. The molecule has 5 nitrogen and oxygen atoms in total. The van der Waals surface area contributed by atoms with Gasteiger partial charge in [-0.1, -0.05) is 0 Å². The van der Waals surface area contributed by atoms with Gasteiger partial charge < -0.3 is 24.8 Å². The van der Waals surface area contributed by atoms with Gasteiger partial charge in [-0.05, 0) is 0 Å². The second-order valence-electron chi connectivity index (χ2n) is 3.40. The third-order valence-corrected chi connectivity index (χ3v) is 2.48. The molecule has 0 amide bonds. The Hall–Kier alpha value is -0.200. The van der Waals surface area contributed by atoms with Crippen LogP contribution in [0.4, 0.5) is 0 Å². The van der Waals surface area contributed by atoms with Gasteiger partial charge in [-0.3, -0.25) is 0 Å². The van der Waals surface area contributed by atoms with E-state index in [2.05, 4.69) is 0 Å². The Balaban J connectivity index is 1.90. The molecule has 1 aliphatic carbocycles. The van der Waals surface area contributed by atoms with Gasteiger partial charge in [0.05, 0.1) is 19.1 Å². The van der Waals surface area contributed by atoms with Gasteiger partial charge in [0, 0.05) is 12.8 Å². The van der Waals surface area contributed by atoms with Crippen LogP contribution in [0.5, 0.6) is 0 Å². The molecule has 0 aromatic rings. The molecular weight excluding hydrogens is 164 g/mol. The summed E-state index contributed by atoms with van der Waals surface area (Å²) in [4.78, 5) is 0. The van der Waals surface area contributed by atoms with Crippen molar-refractivity contribution in [3.05, 3.63) is 0 Å². The third kappa shape index (κ3) is 1.23. The first-order valence-corrected chi connectivity index (χ1v) is 3.97. The molecule has 1 spiro atoms. The Morgan fingerprint density at radius 1 is 1.08 bits per heavy atom. The summed E-state index contributed by atoms with van der Waals surface area (Å²) in [7, 11) is 0. The van der Waals surface area contributed by atoms with Crippen LogP contribution in [0.15, 0.2) is 0 Å². The van der Waals surface area contributed by atoms with Gasteiger partial charge in [0.25, 0.3) is 5.97 Å². The zero-order chi connectivity index (χ0) is 8.82. The van der Waals surface area contributed by atoms with Crippen LogP contribution in [-0.2, 0) is 9.47 Å². The van der Waals surface area contributed by atoms with E-state index < -0.39 is 17.7 Å². The standard InChI is InChI=1S/C7H12O5/c8-7(9,10)5-3-6(4-5)11-1-2-12-6/h5,8-10H,1-4H2. The van der Waals surface area contributed by atoms with Crippen LogP contribution >= 0.6 is 0 Å². The number of rotatable bonds is 1. The van der Waals surface area contributed by atoms with Gasteiger partial charge >= 0.3 is 0 Å². The highest BCUT2D eigenvalue weighted by atomic mass is 16.7. The average molecular weight is 176 g/mol. The summed E-state index contributed by atoms with van der Waals surface area (Å²) in [5.74, 6) is -3.78. The van der Waals surface area contributed by atoms with Crippen LogP contribution in [0.1, 0.15) is 12.8 Å². The predicted molar refractivity (Wildman–Crippen MR) is 36.7 cm³/mol. The first kappa shape index (κ1) is 8.40. The van der Waals surface area contributed by atoms with E-state index in [1.165, 1.54) is 0 Å². The molecule has 5 heteroatoms. The minimum absolute atomic E-state index is 0.344. The van der Waals surface area contributed by atoms with Gasteiger partial charge in [0.1, 0.15) is 0 Å². The molecule has 0 unspecified atom stereocenters. The molecular formula is C7H12O5. The molecule has 2 rings (SSSR count). The molecule has 0 bridgehead atoms. The average Bonchev–Trinajstić information content (AvgIpc) is 2.27. The van der Waals surface area contributed by atoms with Gasteiger partial charge in [-0.2, -0.15) is 0 Å². The number of ether oxygens (including phenoxy) is 2. The van der Waals surface area contributed by atoms with Crippen molar-refractivity contribution in [1.82, 2.24) is 0 Å². The topological polar surface area (TPSA) is 79.2 Å². The van der Waals surface area contributed by atoms with E-state index in [9.17, 15) is 0 Å². The molecule has 1 saturated carbocycles. The largest absolute Gasteiger partial charge is 0.348 e. The molecule has 0 aromatic carbocycles. The lowest BCUT2D eigenvalue weighted by Gasteiger charge is -2.45. The summed E-state index contributed by atoms with van der Waals surface area (Å²) < 4.78 is 10.5. The van der Waals surface area contributed by atoms with Crippen molar-refractivity contribution in [3.63, 3.8) is 0 Å². The van der Waals surface area contributed by atoms with Crippen LogP contribution in [0.2, 0.25) is 0 Å². The van der Waals surface area contributed by atoms with E-state index in [1.54, 1.807) is 0 Å². The van der Waals surface area contributed by atoms with E-state index in [0.29, 0.717) is 26.1 Å². The molecule has 70 valence electrons. The molecule has 12 heavy (non-hydrogen) atoms. The maximum Gasteiger partial charge on any atom is 0.278 e. The smallest absolute Gasteiger partial charge is 0.278 e. The van der Waals surface area contributed by atoms with Gasteiger partial charge in [0.15, 0.2) is 5.79 Å². The Kier molecular flexibility index (Phi) is 1.68. The van der Waals surface area contributed by atoms with E-state index in [-0.39, 0.29) is 0 Å². The van der Waals surface area contributed by atoms with Crippen molar-refractivity contribution in [2.24, 2.45) is 5.92 Å². The van der Waals surface area contributed by atoms with E-state index in [4.69, 9.17) is 24.8 Å². The van der Waals surface area contributed by atoms with Crippen LogP contribution in [0.3, 0.4) is 0 Å². The second-order valence-corrected chi connectivity index (χ2v) is 3.40. The van der Waals surface area contributed by atoms with Crippen LogP contribution in [0, 0.1) is 5.92 Å². The Bertz CT molecular complexity index is 171. The van der Waals surface area contributed by atoms with Crippen molar-refractivity contribution in [2.45, 2.75) is 24.6 Å². The quantitative estimate of drug-likeness (QED) is 0.436. The summed E-state index contributed by atoms with van der Waals surface area (Å²) in [5, 5.41) is 26.3. The highest BCUT2D eigenvalue weighted by Crippen LogP contribution is 2.47. The fourth-order valence-electron chi connectivity index (χ4n) is 1.70. The first-order valence-electron chi connectivity index (χ1n) is 3.97. The van der Waals surface area contributed by atoms with Gasteiger partial charge in [-0.15, -0.1) is 0 Å². The maximum atomic E-state index is 8.78. The van der Waals surface area contributed by atoms with E-state index in [1.807, 2.05) is 0 Å². The van der Waals surface area contributed by atoms with Crippen molar-refractivity contribution < 1.29 is 24.8 Å². The van der Waals surface area contributed by atoms with Crippen LogP contribution in [0.25, 0.3) is 0 Å². The zero-order valence-corrected chi connectivity index (χ0v) is 6.56. The van der Waals surface area contributed by atoms with Crippen molar-refractivity contribution >= 4 is 0 Å². The van der Waals surface area contributed by atoms with Gasteiger partial charge in [-0.25, -0.2) is 0 Å². The van der Waals surface area contributed by atoms with Crippen molar-refractivity contribution in [1.29, 1.82) is 0 Å². The fraction of sp³-hybridized carbons (Fsp3) is 1.00. The van der Waals surface area contributed by atoms with E-state index in [0.717, 1.165) is 0 Å². The summed E-state index contributed by atoms with van der Waals surface area (Å²) in [6, 6.07) is 0.